The van der Waals surface area contributed by atoms with E-state index in [1.165, 1.54) is 12.1 Å². The number of likely N-dealkylation sites (tertiary alicyclic amines) is 1. The fraction of sp³-hybridized carbons (Fsp3) is 0.500. The van der Waals surface area contributed by atoms with Crippen molar-refractivity contribution in [1.82, 2.24) is 9.80 Å². The summed E-state index contributed by atoms with van der Waals surface area (Å²) in [5.74, 6) is -0.439. The van der Waals surface area contributed by atoms with E-state index >= 15 is 0 Å². The van der Waals surface area contributed by atoms with Crippen molar-refractivity contribution in [3.8, 4) is 0 Å². The first-order chi connectivity index (χ1) is 10.5. The molecular weight excluding hydrogens is 287 g/mol. The summed E-state index contributed by atoms with van der Waals surface area (Å²) < 4.78 is 18.7. The Balaban J connectivity index is 1.65. The lowest BCUT2D eigenvalue weighted by Crippen LogP contribution is -2.61. The highest BCUT2D eigenvalue weighted by molar-refractivity contribution is 5.80. The third-order valence-corrected chi connectivity index (χ3v) is 4.43. The molecule has 0 unspecified atom stereocenters. The normalized spacial score (nSPS) is 25.1. The Morgan fingerprint density at radius 2 is 2.27 bits per heavy atom. The number of nitrogens with zero attached hydrogens (tertiary/aromatic N) is 2. The van der Waals surface area contributed by atoms with Crippen LogP contribution in [0.15, 0.2) is 24.3 Å². The summed E-state index contributed by atoms with van der Waals surface area (Å²) in [7, 11) is 1.75. The minimum atomic E-state index is -0.338. The Hall–Kier alpha value is -1.95. The van der Waals surface area contributed by atoms with Gasteiger partial charge in [0, 0.05) is 20.1 Å². The Morgan fingerprint density at radius 3 is 3.05 bits per heavy atom. The van der Waals surface area contributed by atoms with Gasteiger partial charge in [0.2, 0.25) is 11.8 Å². The Morgan fingerprint density at radius 1 is 1.45 bits per heavy atom. The number of hydrogen-bond donors (Lipinski definition) is 0. The molecule has 2 amide bonds. The van der Waals surface area contributed by atoms with E-state index in [1.807, 2.05) is 0 Å². The van der Waals surface area contributed by atoms with E-state index in [-0.39, 0.29) is 42.8 Å². The van der Waals surface area contributed by atoms with Crippen molar-refractivity contribution in [3.63, 3.8) is 0 Å². The quantitative estimate of drug-likeness (QED) is 0.813. The average Bonchev–Trinajstić information content (AvgIpc) is 2.51. The summed E-state index contributed by atoms with van der Waals surface area (Å²) in [5, 5.41) is 0. The molecule has 0 saturated carbocycles. The van der Waals surface area contributed by atoms with Crippen LogP contribution < -0.4 is 0 Å². The van der Waals surface area contributed by atoms with E-state index in [9.17, 15) is 14.0 Å². The zero-order valence-electron chi connectivity index (χ0n) is 12.5. The molecule has 0 bridgehead atoms. The molecule has 0 aliphatic carbocycles. The number of benzene rings is 1. The minimum absolute atomic E-state index is 0.000852. The van der Waals surface area contributed by atoms with Gasteiger partial charge in [-0.25, -0.2) is 4.39 Å². The summed E-state index contributed by atoms with van der Waals surface area (Å²) >= 11 is 0. The molecule has 0 spiro atoms. The number of morpholine rings is 1. The van der Waals surface area contributed by atoms with Crippen LogP contribution in [0.2, 0.25) is 0 Å². The van der Waals surface area contributed by atoms with E-state index in [0.29, 0.717) is 18.7 Å². The number of halogens is 1. The molecule has 0 radical (unpaired) electrons. The van der Waals surface area contributed by atoms with Crippen molar-refractivity contribution < 1.29 is 18.7 Å². The molecule has 2 atom stereocenters. The van der Waals surface area contributed by atoms with Gasteiger partial charge in [0.05, 0.1) is 18.6 Å². The van der Waals surface area contributed by atoms with Gasteiger partial charge in [0.25, 0.3) is 0 Å². The molecule has 3 rings (SSSR count). The van der Waals surface area contributed by atoms with Crippen LogP contribution in [0.5, 0.6) is 0 Å². The molecular formula is C16H19FN2O3. The number of amides is 2. The SMILES string of the molecule is CN1C(=O)CO[C@@H]2CCN(C(=O)Cc3cccc(F)c3)C[C@@H]21. The number of rotatable bonds is 2. The van der Waals surface area contributed by atoms with Gasteiger partial charge in [-0.1, -0.05) is 12.1 Å². The van der Waals surface area contributed by atoms with Gasteiger partial charge in [-0.3, -0.25) is 9.59 Å². The second kappa shape index (κ2) is 6.04. The number of carbonyl (C=O) groups excluding carboxylic acids is 2. The van der Waals surface area contributed by atoms with Gasteiger partial charge in [-0.15, -0.1) is 0 Å². The van der Waals surface area contributed by atoms with E-state index in [4.69, 9.17) is 4.74 Å². The average molecular weight is 306 g/mol. The van der Waals surface area contributed by atoms with Crippen LogP contribution in [-0.2, 0) is 20.7 Å². The molecule has 0 aromatic heterocycles. The van der Waals surface area contributed by atoms with Crippen molar-refractivity contribution in [2.24, 2.45) is 0 Å². The van der Waals surface area contributed by atoms with Crippen LogP contribution in [0.4, 0.5) is 4.39 Å². The molecule has 2 saturated heterocycles. The molecule has 5 nitrogen and oxygen atoms in total. The van der Waals surface area contributed by atoms with E-state index < -0.39 is 0 Å². The molecule has 2 heterocycles. The maximum absolute atomic E-state index is 13.2. The second-order valence-electron chi connectivity index (χ2n) is 5.86. The number of ether oxygens (including phenoxy) is 1. The first-order valence-electron chi connectivity index (χ1n) is 7.44. The molecule has 1 aromatic rings. The zero-order chi connectivity index (χ0) is 15.7. The van der Waals surface area contributed by atoms with Gasteiger partial charge in [-0.05, 0) is 24.1 Å². The van der Waals surface area contributed by atoms with Crippen LogP contribution in [0.1, 0.15) is 12.0 Å². The van der Waals surface area contributed by atoms with Crippen molar-refractivity contribution >= 4 is 11.8 Å². The summed E-state index contributed by atoms with van der Waals surface area (Å²) in [4.78, 5) is 27.5. The molecule has 2 fully saturated rings. The summed E-state index contributed by atoms with van der Waals surface area (Å²) in [6, 6.07) is 5.99. The number of fused-ring (bicyclic) bond motifs is 1. The summed E-state index contributed by atoms with van der Waals surface area (Å²) in [6.07, 6.45) is 0.895. The van der Waals surface area contributed by atoms with Crippen molar-refractivity contribution in [3.05, 3.63) is 35.6 Å². The fourth-order valence-corrected chi connectivity index (χ4v) is 3.10. The summed E-state index contributed by atoms with van der Waals surface area (Å²) in [6.45, 7) is 1.20. The number of carbonyl (C=O) groups is 2. The minimum Gasteiger partial charge on any atom is -0.366 e. The molecule has 22 heavy (non-hydrogen) atoms. The van der Waals surface area contributed by atoms with Crippen molar-refractivity contribution in [2.75, 3.05) is 26.7 Å². The van der Waals surface area contributed by atoms with Gasteiger partial charge < -0.3 is 14.5 Å². The molecule has 0 N–H and O–H groups in total. The maximum atomic E-state index is 13.2. The Kier molecular flexibility index (Phi) is 4.11. The van der Waals surface area contributed by atoms with Crippen LogP contribution in [0, 0.1) is 5.82 Å². The largest absolute Gasteiger partial charge is 0.366 e. The predicted molar refractivity (Wildman–Crippen MR) is 77.6 cm³/mol. The van der Waals surface area contributed by atoms with Gasteiger partial charge >= 0.3 is 0 Å². The lowest BCUT2D eigenvalue weighted by Gasteiger charge is -2.45. The monoisotopic (exact) mass is 306 g/mol. The lowest BCUT2D eigenvalue weighted by atomic mass is 9.98. The third kappa shape index (κ3) is 2.97. The number of piperidine rings is 1. The van der Waals surface area contributed by atoms with Crippen LogP contribution in [0.25, 0.3) is 0 Å². The van der Waals surface area contributed by atoms with Crippen molar-refractivity contribution in [1.29, 1.82) is 0 Å². The molecule has 2 aliphatic rings. The standard InChI is InChI=1S/C16H19FN2O3/c1-18-13-9-19(6-5-14(13)22-10-16(18)21)15(20)8-11-3-2-4-12(17)7-11/h2-4,7,13-14H,5-6,8-10H2,1H3/t13-,14+/m0/s1. The maximum Gasteiger partial charge on any atom is 0.248 e. The molecule has 6 heteroatoms. The van der Waals surface area contributed by atoms with E-state index in [0.717, 1.165) is 6.42 Å². The topological polar surface area (TPSA) is 49.9 Å². The molecule has 1 aromatic carbocycles. The lowest BCUT2D eigenvalue weighted by molar-refractivity contribution is -0.163. The third-order valence-electron chi connectivity index (χ3n) is 4.43. The van der Waals surface area contributed by atoms with Gasteiger partial charge in [0.15, 0.2) is 0 Å². The van der Waals surface area contributed by atoms with Gasteiger partial charge in [-0.2, -0.15) is 0 Å². The van der Waals surface area contributed by atoms with Crippen LogP contribution in [0.3, 0.4) is 0 Å². The highest BCUT2D eigenvalue weighted by Crippen LogP contribution is 2.23. The molecule has 118 valence electrons. The van der Waals surface area contributed by atoms with Gasteiger partial charge in [0.1, 0.15) is 12.4 Å². The van der Waals surface area contributed by atoms with E-state index in [2.05, 4.69) is 0 Å². The number of hydrogen-bond acceptors (Lipinski definition) is 3. The first-order valence-corrected chi connectivity index (χ1v) is 7.44. The smallest absolute Gasteiger partial charge is 0.248 e. The Labute approximate surface area is 128 Å². The van der Waals surface area contributed by atoms with E-state index in [1.54, 1.807) is 29.0 Å². The first kappa shape index (κ1) is 15.0. The van der Waals surface area contributed by atoms with Crippen LogP contribution >= 0.6 is 0 Å². The zero-order valence-corrected chi connectivity index (χ0v) is 12.5. The predicted octanol–water partition coefficient (Wildman–Crippen LogP) is 0.826. The molecule has 2 aliphatic heterocycles. The number of likely N-dealkylation sites (N-methyl/N-ethyl adjacent to an activating group) is 1. The second-order valence-corrected chi connectivity index (χ2v) is 5.86. The van der Waals surface area contributed by atoms with Crippen molar-refractivity contribution in [2.45, 2.75) is 25.0 Å². The highest BCUT2D eigenvalue weighted by atomic mass is 19.1. The Bertz CT molecular complexity index is 593. The highest BCUT2D eigenvalue weighted by Gasteiger charge is 2.39. The fourth-order valence-electron chi connectivity index (χ4n) is 3.10. The van der Waals surface area contributed by atoms with Crippen LogP contribution in [-0.4, -0.2) is 60.5 Å². The summed E-state index contributed by atoms with van der Waals surface area (Å²) in [5.41, 5.74) is 0.663.